The smallest absolute Gasteiger partial charge is 0.253 e. The Bertz CT molecular complexity index is 948. The molecule has 2 aliphatic carbocycles. The van der Waals surface area contributed by atoms with Gasteiger partial charge < -0.3 is 19.7 Å². The van der Waals surface area contributed by atoms with Gasteiger partial charge in [0.2, 0.25) is 0 Å². The molecule has 1 aliphatic heterocycles. The van der Waals surface area contributed by atoms with Crippen molar-refractivity contribution in [3.63, 3.8) is 0 Å². The van der Waals surface area contributed by atoms with Crippen molar-refractivity contribution in [3.05, 3.63) is 64.7 Å². The van der Waals surface area contributed by atoms with Crippen LogP contribution in [0.5, 0.6) is 5.75 Å². The van der Waals surface area contributed by atoms with Gasteiger partial charge in [-0.25, -0.2) is 0 Å². The summed E-state index contributed by atoms with van der Waals surface area (Å²) in [4.78, 5) is 15.0. The molecule has 0 spiro atoms. The van der Waals surface area contributed by atoms with Gasteiger partial charge in [0.1, 0.15) is 5.75 Å². The van der Waals surface area contributed by atoms with E-state index in [0.29, 0.717) is 6.10 Å². The number of hydrogen-bond donors (Lipinski definition) is 1. The van der Waals surface area contributed by atoms with Crippen LogP contribution in [0.1, 0.15) is 59.2 Å². The predicted octanol–water partition coefficient (Wildman–Crippen LogP) is 4.37. The van der Waals surface area contributed by atoms with Gasteiger partial charge in [0.05, 0.1) is 12.7 Å². The van der Waals surface area contributed by atoms with Crippen LogP contribution in [-0.4, -0.2) is 49.8 Å². The number of ether oxygens (including phenoxy) is 2. The Kier molecular flexibility index (Phi) is 6.98. The molecule has 3 aliphatic rings. The van der Waals surface area contributed by atoms with E-state index in [0.717, 1.165) is 62.8 Å². The molecule has 5 rings (SSSR count). The maximum Gasteiger partial charge on any atom is 0.253 e. The van der Waals surface area contributed by atoms with Crippen LogP contribution in [0.2, 0.25) is 0 Å². The standard InChI is InChI=1S/C28H36N2O3/c1-30(28(31)22-9-12-26(13-10-22)33-19-20-4-5-20)25-11-8-23-15-21(6-7-24(23)16-25)17-29-18-27-3-2-14-32-27/h6-7,9-10,12-13,15,20,25,27,29H,2-5,8,11,14,16-19H2,1H3/t25-,27+/m0/s1. The van der Waals surface area contributed by atoms with Gasteiger partial charge in [0.15, 0.2) is 0 Å². The average Bonchev–Trinajstić information content (AvgIpc) is 3.55. The molecule has 1 saturated heterocycles. The lowest BCUT2D eigenvalue weighted by molar-refractivity contribution is 0.0719. The fraction of sp³-hybridized carbons (Fsp3) is 0.536. The van der Waals surface area contributed by atoms with Gasteiger partial charge in [-0.1, -0.05) is 18.2 Å². The molecule has 1 amide bonds. The van der Waals surface area contributed by atoms with Gasteiger partial charge in [-0.05, 0) is 91.8 Å². The second-order valence-corrected chi connectivity index (χ2v) is 9.96. The molecule has 0 bridgehead atoms. The lowest BCUT2D eigenvalue weighted by Gasteiger charge is -2.33. The molecular weight excluding hydrogens is 412 g/mol. The van der Waals surface area contributed by atoms with E-state index in [2.05, 4.69) is 23.5 Å². The molecule has 0 radical (unpaired) electrons. The van der Waals surface area contributed by atoms with Crippen LogP contribution in [0.3, 0.4) is 0 Å². The highest BCUT2D eigenvalue weighted by Gasteiger charge is 2.26. The Morgan fingerprint density at radius 3 is 2.70 bits per heavy atom. The second kappa shape index (κ2) is 10.3. The first kappa shape index (κ1) is 22.4. The number of nitrogens with one attached hydrogen (secondary N) is 1. The van der Waals surface area contributed by atoms with Gasteiger partial charge >= 0.3 is 0 Å². The van der Waals surface area contributed by atoms with Crippen molar-refractivity contribution in [1.82, 2.24) is 10.2 Å². The number of rotatable bonds is 9. The third-order valence-corrected chi connectivity index (χ3v) is 7.35. The fourth-order valence-electron chi connectivity index (χ4n) is 4.97. The second-order valence-electron chi connectivity index (χ2n) is 9.96. The minimum absolute atomic E-state index is 0.0899. The summed E-state index contributed by atoms with van der Waals surface area (Å²) in [7, 11) is 1.94. The van der Waals surface area contributed by atoms with Crippen molar-refractivity contribution in [3.8, 4) is 5.75 Å². The molecule has 2 aromatic rings. The molecule has 33 heavy (non-hydrogen) atoms. The first-order chi connectivity index (χ1) is 16.2. The summed E-state index contributed by atoms with van der Waals surface area (Å²) in [6.07, 6.45) is 8.23. The normalized spacial score (nSPS) is 22.1. The quantitative estimate of drug-likeness (QED) is 0.619. The molecule has 2 atom stereocenters. The molecule has 0 aromatic heterocycles. The van der Waals surface area contributed by atoms with Crippen LogP contribution in [0.25, 0.3) is 0 Å². The van der Waals surface area contributed by atoms with Crippen molar-refractivity contribution >= 4 is 5.91 Å². The van der Waals surface area contributed by atoms with E-state index in [1.165, 1.54) is 42.4 Å². The van der Waals surface area contributed by atoms with E-state index in [1.54, 1.807) is 0 Å². The largest absolute Gasteiger partial charge is 0.493 e. The summed E-state index contributed by atoms with van der Waals surface area (Å²) in [5.74, 6) is 1.67. The number of carbonyl (C=O) groups excluding carboxylic acids is 1. The van der Waals surface area contributed by atoms with Crippen molar-refractivity contribution in [1.29, 1.82) is 0 Å². The lowest BCUT2D eigenvalue weighted by Crippen LogP contribution is -2.40. The minimum Gasteiger partial charge on any atom is -0.493 e. The Morgan fingerprint density at radius 2 is 1.94 bits per heavy atom. The number of aryl methyl sites for hydroxylation is 1. The summed E-state index contributed by atoms with van der Waals surface area (Å²) < 4.78 is 11.5. The van der Waals surface area contributed by atoms with Crippen LogP contribution >= 0.6 is 0 Å². The van der Waals surface area contributed by atoms with Crippen LogP contribution in [0.15, 0.2) is 42.5 Å². The summed E-state index contributed by atoms with van der Waals surface area (Å²) >= 11 is 0. The molecule has 2 aromatic carbocycles. The third-order valence-electron chi connectivity index (χ3n) is 7.35. The van der Waals surface area contributed by atoms with Crippen LogP contribution < -0.4 is 10.1 Å². The van der Waals surface area contributed by atoms with Crippen LogP contribution in [0, 0.1) is 5.92 Å². The van der Waals surface area contributed by atoms with E-state index in [4.69, 9.17) is 9.47 Å². The zero-order valence-electron chi connectivity index (χ0n) is 19.7. The minimum atomic E-state index is 0.0899. The van der Waals surface area contributed by atoms with E-state index in [1.807, 2.05) is 36.2 Å². The maximum atomic E-state index is 13.1. The zero-order valence-corrected chi connectivity index (χ0v) is 19.7. The highest BCUT2D eigenvalue weighted by molar-refractivity contribution is 5.94. The van der Waals surface area contributed by atoms with E-state index in [9.17, 15) is 4.79 Å². The Morgan fingerprint density at radius 1 is 1.09 bits per heavy atom. The molecule has 0 unspecified atom stereocenters. The van der Waals surface area contributed by atoms with Gasteiger partial charge in [0.25, 0.3) is 5.91 Å². The van der Waals surface area contributed by atoms with Gasteiger partial charge in [-0.15, -0.1) is 0 Å². The maximum absolute atomic E-state index is 13.1. The van der Waals surface area contributed by atoms with Crippen molar-refractivity contribution in [2.75, 3.05) is 26.8 Å². The molecule has 5 nitrogen and oxygen atoms in total. The third kappa shape index (κ3) is 5.77. The Labute approximate surface area is 197 Å². The highest BCUT2D eigenvalue weighted by atomic mass is 16.5. The molecule has 2 fully saturated rings. The molecule has 5 heteroatoms. The lowest BCUT2D eigenvalue weighted by atomic mass is 9.86. The molecule has 1 heterocycles. The number of hydrogen-bond acceptors (Lipinski definition) is 4. The van der Waals surface area contributed by atoms with E-state index >= 15 is 0 Å². The van der Waals surface area contributed by atoms with Crippen LogP contribution in [0.4, 0.5) is 0 Å². The average molecular weight is 449 g/mol. The number of benzene rings is 2. The van der Waals surface area contributed by atoms with Gasteiger partial charge in [0, 0.05) is 38.3 Å². The van der Waals surface area contributed by atoms with Gasteiger partial charge in [-0.3, -0.25) is 4.79 Å². The van der Waals surface area contributed by atoms with Crippen molar-refractivity contribution < 1.29 is 14.3 Å². The number of amides is 1. The highest BCUT2D eigenvalue weighted by Crippen LogP contribution is 2.30. The first-order valence-corrected chi connectivity index (χ1v) is 12.6. The van der Waals surface area contributed by atoms with E-state index < -0.39 is 0 Å². The molecule has 1 N–H and O–H groups in total. The topological polar surface area (TPSA) is 50.8 Å². The predicted molar refractivity (Wildman–Crippen MR) is 130 cm³/mol. The first-order valence-electron chi connectivity index (χ1n) is 12.6. The van der Waals surface area contributed by atoms with Gasteiger partial charge in [-0.2, -0.15) is 0 Å². The Balaban J connectivity index is 1.13. The van der Waals surface area contributed by atoms with Crippen molar-refractivity contribution in [2.45, 2.75) is 63.6 Å². The van der Waals surface area contributed by atoms with Crippen molar-refractivity contribution in [2.24, 2.45) is 5.92 Å². The zero-order chi connectivity index (χ0) is 22.6. The Hall–Kier alpha value is -2.37. The summed E-state index contributed by atoms with van der Waals surface area (Å²) in [5, 5.41) is 3.54. The summed E-state index contributed by atoms with van der Waals surface area (Å²) in [5.41, 5.74) is 4.87. The summed E-state index contributed by atoms with van der Waals surface area (Å²) in [6, 6.07) is 14.7. The molecular formula is C28H36N2O3. The SMILES string of the molecule is CN(C(=O)c1ccc(OCC2CC2)cc1)[C@H]1CCc2cc(CNC[C@H]3CCCO3)ccc2C1. The summed E-state index contributed by atoms with van der Waals surface area (Å²) in [6.45, 7) is 3.51. The molecule has 1 saturated carbocycles. The number of carbonyl (C=O) groups is 1. The van der Waals surface area contributed by atoms with E-state index in [-0.39, 0.29) is 11.9 Å². The number of likely N-dealkylation sites (N-methyl/N-ethyl adjacent to an activating group) is 1. The monoisotopic (exact) mass is 448 g/mol. The number of fused-ring (bicyclic) bond motifs is 1. The molecule has 176 valence electrons. The fourth-order valence-corrected chi connectivity index (χ4v) is 4.97. The van der Waals surface area contributed by atoms with Crippen LogP contribution in [-0.2, 0) is 24.1 Å². The number of nitrogens with zero attached hydrogens (tertiary/aromatic N) is 1.